The second kappa shape index (κ2) is 7.04. The van der Waals surface area contributed by atoms with Gasteiger partial charge in [-0.2, -0.15) is 5.26 Å². The van der Waals surface area contributed by atoms with Gasteiger partial charge in [-0.05, 0) is 24.6 Å². The van der Waals surface area contributed by atoms with Gasteiger partial charge in [0.25, 0.3) is 0 Å². The molecule has 5 nitrogen and oxygen atoms in total. The van der Waals surface area contributed by atoms with Gasteiger partial charge in [-0.25, -0.2) is 9.97 Å². The number of nitrogens with one attached hydrogen (secondary N) is 2. The molecule has 2 N–H and O–H groups in total. The van der Waals surface area contributed by atoms with E-state index in [1.54, 1.807) is 6.07 Å². The van der Waals surface area contributed by atoms with Gasteiger partial charge in [-0.3, -0.25) is 0 Å². The smallest absolute Gasteiger partial charge is 0.139 e. The number of anilines is 3. The Kier molecular flexibility index (Phi) is 5.12. The monoisotopic (exact) mass is 345 g/mol. The van der Waals surface area contributed by atoms with Crippen LogP contribution in [0, 0.1) is 11.3 Å². The highest BCUT2D eigenvalue weighted by molar-refractivity contribution is 9.10. The molecule has 1 aromatic carbocycles. The van der Waals surface area contributed by atoms with E-state index >= 15 is 0 Å². The molecule has 0 radical (unpaired) electrons. The normalized spacial score (nSPS) is 10.0. The average molecular weight is 346 g/mol. The van der Waals surface area contributed by atoms with Gasteiger partial charge in [-0.1, -0.05) is 29.3 Å². The average Bonchev–Trinajstić information content (AvgIpc) is 2.50. The standard InChI is InChI=1S/C15H16BrN5/c1-3-4-12-14(18-2)19-9-20-15(12)21-13-6-5-11(16)7-10(13)8-17/h5-7,9H,3-4H2,1-2H3,(H2,18,19,20,21). The van der Waals surface area contributed by atoms with Crippen LogP contribution in [0.1, 0.15) is 24.5 Å². The molecule has 2 rings (SSSR count). The molecule has 21 heavy (non-hydrogen) atoms. The van der Waals surface area contributed by atoms with Gasteiger partial charge in [0.2, 0.25) is 0 Å². The Morgan fingerprint density at radius 1 is 1.29 bits per heavy atom. The van der Waals surface area contributed by atoms with E-state index in [9.17, 15) is 5.26 Å². The van der Waals surface area contributed by atoms with Gasteiger partial charge in [-0.15, -0.1) is 0 Å². The van der Waals surface area contributed by atoms with E-state index in [0.29, 0.717) is 5.56 Å². The summed E-state index contributed by atoms with van der Waals surface area (Å²) in [6, 6.07) is 7.72. The summed E-state index contributed by atoms with van der Waals surface area (Å²) in [6.45, 7) is 2.11. The van der Waals surface area contributed by atoms with E-state index in [2.05, 4.69) is 49.5 Å². The van der Waals surface area contributed by atoms with Crippen LogP contribution < -0.4 is 10.6 Å². The van der Waals surface area contributed by atoms with Crippen molar-refractivity contribution in [3.63, 3.8) is 0 Å². The van der Waals surface area contributed by atoms with E-state index in [4.69, 9.17) is 0 Å². The van der Waals surface area contributed by atoms with Crippen LogP contribution in [0.4, 0.5) is 17.3 Å². The number of nitrogens with zero attached hydrogens (tertiary/aromatic N) is 3. The third-order valence-corrected chi connectivity index (χ3v) is 3.53. The van der Waals surface area contributed by atoms with E-state index in [-0.39, 0.29) is 0 Å². The molecular weight excluding hydrogens is 330 g/mol. The maximum absolute atomic E-state index is 9.24. The first kappa shape index (κ1) is 15.3. The molecule has 108 valence electrons. The van der Waals surface area contributed by atoms with Crippen molar-refractivity contribution in [1.82, 2.24) is 9.97 Å². The number of nitriles is 1. The zero-order valence-electron chi connectivity index (χ0n) is 11.9. The fraction of sp³-hybridized carbons (Fsp3) is 0.267. The molecule has 0 bridgehead atoms. The number of benzene rings is 1. The zero-order valence-corrected chi connectivity index (χ0v) is 13.5. The summed E-state index contributed by atoms with van der Waals surface area (Å²) in [7, 11) is 1.84. The largest absolute Gasteiger partial charge is 0.373 e. The van der Waals surface area contributed by atoms with Crippen molar-refractivity contribution in [2.75, 3.05) is 17.7 Å². The molecule has 6 heteroatoms. The van der Waals surface area contributed by atoms with Crippen LogP contribution in [0.15, 0.2) is 29.0 Å². The molecule has 1 heterocycles. The Hall–Kier alpha value is -2.13. The molecule has 0 unspecified atom stereocenters. The topological polar surface area (TPSA) is 73.6 Å². The van der Waals surface area contributed by atoms with Crippen molar-refractivity contribution in [2.24, 2.45) is 0 Å². The van der Waals surface area contributed by atoms with Crippen LogP contribution in [0.3, 0.4) is 0 Å². The number of hydrogen-bond acceptors (Lipinski definition) is 5. The van der Waals surface area contributed by atoms with Crippen molar-refractivity contribution in [3.05, 3.63) is 40.1 Å². The summed E-state index contributed by atoms with van der Waals surface area (Å²) in [6.07, 6.45) is 3.36. The lowest BCUT2D eigenvalue weighted by molar-refractivity contribution is 0.905. The third kappa shape index (κ3) is 3.50. The summed E-state index contributed by atoms with van der Waals surface area (Å²) in [5.74, 6) is 1.54. The van der Waals surface area contributed by atoms with Gasteiger partial charge in [0, 0.05) is 17.1 Å². The lowest BCUT2D eigenvalue weighted by atomic mass is 10.1. The summed E-state index contributed by atoms with van der Waals surface area (Å²) in [4.78, 5) is 8.56. The minimum Gasteiger partial charge on any atom is -0.373 e. The fourth-order valence-corrected chi connectivity index (χ4v) is 2.43. The lowest BCUT2D eigenvalue weighted by Gasteiger charge is -2.14. The van der Waals surface area contributed by atoms with Crippen LogP contribution in [0.25, 0.3) is 0 Å². The highest BCUT2D eigenvalue weighted by Gasteiger charge is 2.11. The maximum atomic E-state index is 9.24. The van der Waals surface area contributed by atoms with Crippen LogP contribution in [0.5, 0.6) is 0 Å². The minimum absolute atomic E-state index is 0.566. The first-order chi connectivity index (χ1) is 10.2. The molecule has 2 aromatic rings. The highest BCUT2D eigenvalue weighted by atomic mass is 79.9. The molecule has 0 atom stereocenters. The van der Waals surface area contributed by atoms with Crippen molar-refractivity contribution in [1.29, 1.82) is 5.26 Å². The number of rotatable bonds is 5. The predicted molar refractivity (Wildman–Crippen MR) is 87.7 cm³/mol. The van der Waals surface area contributed by atoms with Crippen LogP contribution in [-0.4, -0.2) is 17.0 Å². The number of halogens is 1. The Morgan fingerprint density at radius 3 is 2.71 bits per heavy atom. The molecule has 0 aliphatic carbocycles. The van der Waals surface area contributed by atoms with Crippen molar-refractivity contribution in [2.45, 2.75) is 19.8 Å². The summed E-state index contributed by atoms with van der Waals surface area (Å²) < 4.78 is 0.872. The van der Waals surface area contributed by atoms with Crippen LogP contribution in [0.2, 0.25) is 0 Å². The van der Waals surface area contributed by atoms with E-state index in [0.717, 1.165) is 40.2 Å². The SMILES string of the molecule is CCCc1c(NC)ncnc1Nc1ccc(Br)cc1C#N. The van der Waals surface area contributed by atoms with Gasteiger partial charge >= 0.3 is 0 Å². The molecule has 0 aliphatic heterocycles. The van der Waals surface area contributed by atoms with E-state index in [1.165, 1.54) is 6.33 Å². The van der Waals surface area contributed by atoms with Crippen LogP contribution in [-0.2, 0) is 6.42 Å². The minimum atomic E-state index is 0.566. The van der Waals surface area contributed by atoms with Gasteiger partial charge in [0.1, 0.15) is 24.0 Å². The quantitative estimate of drug-likeness (QED) is 0.860. The Bertz CT molecular complexity index is 678. The molecular formula is C15H16BrN5. The molecule has 0 spiro atoms. The summed E-state index contributed by atoms with van der Waals surface area (Å²) >= 11 is 3.37. The molecule has 0 saturated carbocycles. The second-order valence-corrected chi connectivity index (χ2v) is 5.39. The van der Waals surface area contributed by atoms with Crippen molar-refractivity contribution < 1.29 is 0 Å². The Morgan fingerprint density at radius 2 is 2.05 bits per heavy atom. The maximum Gasteiger partial charge on any atom is 0.139 e. The van der Waals surface area contributed by atoms with Gasteiger partial charge < -0.3 is 10.6 Å². The predicted octanol–water partition coefficient (Wildman–Crippen LogP) is 3.85. The summed E-state index contributed by atoms with van der Waals surface area (Å²) in [5, 5.41) is 15.6. The Labute approximate surface area is 132 Å². The second-order valence-electron chi connectivity index (χ2n) is 4.48. The zero-order chi connectivity index (χ0) is 15.2. The molecule has 0 amide bonds. The fourth-order valence-electron chi connectivity index (χ4n) is 2.07. The third-order valence-electron chi connectivity index (χ3n) is 3.04. The lowest BCUT2D eigenvalue weighted by Crippen LogP contribution is -2.06. The number of hydrogen-bond donors (Lipinski definition) is 2. The van der Waals surface area contributed by atoms with Gasteiger partial charge in [0.15, 0.2) is 0 Å². The molecule has 0 saturated heterocycles. The van der Waals surface area contributed by atoms with Gasteiger partial charge in [0.05, 0.1) is 11.3 Å². The van der Waals surface area contributed by atoms with E-state index < -0.39 is 0 Å². The van der Waals surface area contributed by atoms with E-state index in [1.807, 2.05) is 19.2 Å². The van der Waals surface area contributed by atoms with Crippen molar-refractivity contribution >= 4 is 33.3 Å². The molecule has 1 aromatic heterocycles. The van der Waals surface area contributed by atoms with Crippen molar-refractivity contribution in [3.8, 4) is 6.07 Å². The Balaban J connectivity index is 2.42. The first-order valence-corrected chi connectivity index (χ1v) is 7.47. The molecule has 0 aliphatic rings. The molecule has 0 fully saturated rings. The number of aromatic nitrogens is 2. The first-order valence-electron chi connectivity index (χ1n) is 6.67. The summed E-state index contributed by atoms with van der Waals surface area (Å²) in [5.41, 5.74) is 2.32. The van der Waals surface area contributed by atoms with Crippen LogP contribution >= 0.6 is 15.9 Å². The highest BCUT2D eigenvalue weighted by Crippen LogP contribution is 2.27.